The van der Waals surface area contributed by atoms with Crippen LogP contribution in [0.5, 0.6) is 0 Å². The first kappa shape index (κ1) is 19.8. The van der Waals surface area contributed by atoms with Crippen LogP contribution in [0, 0.1) is 0 Å². The van der Waals surface area contributed by atoms with Gasteiger partial charge in [0, 0.05) is 39.4 Å². The number of hydrogen-bond acceptors (Lipinski definition) is 6. The standard InChI is InChI=1S/C17H22N4O4S/c1-20(2)16-10-13(8-9-18-16)12-19-17(22)14-6-5-7-15(11-14)26(23,24)21(3)25-4/h5-11H,12H2,1-4H3,(H,19,22). The Morgan fingerprint density at radius 1 is 1.19 bits per heavy atom. The van der Waals surface area contributed by atoms with Gasteiger partial charge in [-0.2, -0.15) is 0 Å². The number of nitrogens with zero attached hydrogens (tertiary/aromatic N) is 3. The Hall–Kier alpha value is -2.49. The highest BCUT2D eigenvalue weighted by Crippen LogP contribution is 2.16. The molecule has 1 aromatic heterocycles. The van der Waals surface area contributed by atoms with Gasteiger partial charge in [0.1, 0.15) is 5.82 Å². The highest BCUT2D eigenvalue weighted by atomic mass is 32.2. The molecule has 0 fully saturated rings. The van der Waals surface area contributed by atoms with Gasteiger partial charge >= 0.3 is 0 Å². The van der Waals surface area contributed by atoms with Gasteiger partial charge in [-0.25, -0.2) is 13.4 Å². The molecule has 1 amide bonds. The summed E-state index contributed by atoms with van der Waals surface area (Å²) in [6.45, 7) is 0.303. The van der Waals surface area contributed by atoms with Crippen LogP contribution in [0.1, 0.15) is 15.9 Å². The van der Waals surface area contributed by atoms with Crippen molar-refractivity contribution in [2.45, 2.75) is 11.4 Å². The van der Waals surface area contributed by atoms with E-state index < -0.39 is 10.0 Å². The van der Waals surface area contributed by atoms with Gasteiger partial charge < -0.3 is 10.2 Å². The van der Waals surface area contributed by atoms with Gasteiger partial charge in [0.05, 0.1) is 12.0 Å². The summed E-state index contributed by atoms with van der Waals surface area (Å²) in [6.07, 6.45) is 1.67. The number of carbonyl (C=O) groups is 1. The molecule has 0 aliphatic heterocycles. The highest BCUT2D eigenvalue weighted by Gasteiger charge is 2.21. The average molecular weight is 378 g/mol. The molecule has 26 heavy (non-hydrogen) atoms. The van der Waals surface area contributed by atoms with E-state index in [1.165, 1.54) is 32.4 Å². The van der Waals surface area contributed by atoms with E-state index in [9.17, 15) is 13.2 Å². The quantitative estimate of drug-likeness (QED) is 0.730. The highest BCUT2D eigenvalue weighted by molar-refractivity contribution is 7.89. The van der Waals surface area contributed by atoms with Gasteiger partial charge in [-0.15, -0.1) is 0 Å². The second-order valence-corrected chi connectivity index (χ2v) is 7.66. The van der Waals surface area contributed by atoms with Gasteiger partial charge in [0.25, 0.3) is 15.9 Å². The van der Waals surface area contributed by atoms with Crippen LogP contribution in [0.3, 0.4) is 0 Å². The first-order valence-corrected chi connectivity index (χ1v) is 9.23. The minimum Gasteiger partial charge on any atom is -0.363 e. The SMILES string of the molecule is CON(C)S(=O)(=O)c1cccc(C(=O)NCc2ccnc(N(C)C)c2)c1. The van der Waals surface area contributed by atoms with Crippen molar-refractivity contribution in [3.8, 4) is 0 Å². The summed E-state index contributed by atoms with van der Waals surface area (Å²) in [5.74, 6) is 0.415. The summed E-state index contributed by atoms with van der Waals surface area (Å²) in [5, 5.41) is 2.78. The van der Waals surface area contributed by atoms with Crippen LogP contribution in [0.2, 0.25) is 0 Å². The number of anilines is 1. The van der Waals surface area contributed by atoms with Crippen LogP contribution in [-0.2, 0) is 21.4 Å². The summed E-state index contributed by atoms with van der Waals surface area (Å²) < 4.78 is 25.3. The smallest absolute Gasteiger partial charge is 0.264 e. The lowest BCUT2D eigenvalue weighted by Gasteiger charge is -2.15. The molecule has 1 aromatic carbocycles. The first-order chi connectivity index (χ1) is 12.3. The molecule has 1 N–H and O–H groups in total. The van der Waals surface area contributed by atoms with Gasteiger partial charge in [-0.05, 0) is 35.9 Å². The van der Waals surface area contributed by atoms with E-state index >= 15 is 0 Å². The Morgan fingerprint density at radius 2 is 1.92 bits per heavy atom. The zero-order valence-corrected chi connectivity index (χ0v) is 15.9. The molecule has 0 radical (unpaired) electrons. The zero-order valence-electron chi connectivity index (χ0n) is 15.1. The molecule has 0 saturated heterocycles. The van der Waals surface area contributed by atoms with Gasteiger partial charge in [-0.1, -0.05) is 10.5 Å². The summed E-state index contributed by atoms with van der Waals surface area (Å²) >= 11 is 0. The molecule has 1 heterocycles. The number of carbonyl (C=O) groups excluding carboxylic acids is 1. The van der Waals surface area contributed by atoms with E-state index in [0.29, 0.717) is 6.54 Å². The van der Waals surface area contributed by atoms with Gasteiger partial charge in [0.15, 0.2) is 0 Å². The molecule has 140 valence electrons. The lowest BCUT2D eigenvalue weighted by molar-refractivity contribution is -0.0258. The molecule has 2 rings (SSSR count). The number of rotatable bonds is 7. The van der Waals surface area contributed by atoms with Crippen LogP contribution < -0.4 is 10.2 Å². The zero-order chi connectivity index (χ0) is 19.3. The van der Waals surface area contributed by atoms with Crippen molar-refractivity contribution in [3.63, 3.8) is 0 Å². The minimum absolute atomic E-state index is 0.0201. The van der Waals surface area contributed by atoms with Crippen LogP contribution in [0.4, 0.5) is 5.82 Å². The van der Waals surface area contributed by atoms with E-state index in [2.05, 4.69) is 10.3 Å². The number of sulfonamides is 1. The van der Waals surface area contributed by atoms with E-state index in [4.69, 9.17) is 4.84 Å². The Kier molecular flexibility index (Phi) is 6.30. The van der Waals surface area contributed by atoms with E-state index in [0.717, 1.165) is 15.8 Å². The fraction of sp³-hybridized carbons (Fsp3) is 0.294. The molecule has 9 heteroatoms. The molecule has 0 bridgehead atoms. The summed E-state index contributed by atoms with van der Waals surface area (Å²) in [7, 11) is 2.50. The van der Waals surface area contributed by atoms with Crippen molar-refractivity contribution in [2.24, 2.45) is 0 Å². The molecular formula is C17H22N4O4S. The van der Waals surface area contributed by atoms with Crippen molar-refractivity contribution in [2.75, 3.05) is 33.2 Å². The molecule has 0 atom stereocenters. The lowest BCUT2D eigenvalue weighted by Crippen LogP contribution is -2.27. The summed E-state index contributed by atoms with van der Waals surface area (Å²) in [6, 6.07) is 9.48. The number of benzene rings is 1. The maximum absolute atomic E-state index is 12.4. The fourth-order valence-corrected chi connectivity index (χ4v) is 3.16. The molecule has 0 unspecified atom stereocenters. The molecule has 8 nitrogen and oxygen atoms in total. The van der Waals surface area contributed by atoms with Crippen molar-refractivity contribution < 1.29 is 18.0 Å². The second-order valence-electron chi connectivity index (χ2n) is 5.72. The maximum Gasteiger partial charge on any atom is 0.264 e. The summed E-state index contributed by atoms with van der Waals surface area (Å²) in [5.41, 5.74) is 1.14. The van der Waals surface area contributed by atoms with E-state index in [1.807, 2.05) is 31.1 Å². The molecule has 2 aromatic rings. The number of aromatic nitrogens is 1. The number of hydrogen-bond donors (Lipinski definition) is 1. The normalized spacial score (nSPS) is 11.4. The lowest BCUT2D eigenvalue weighted by atomic mass is 10.2. The third-order valence-corrected chi connectivity index (χ3v) is 5.39. The van der Waals surface area contributed by atoms with Crippen molar-refractivity contribution in [3.05, 3.63) is 53.7 Å². The largest absolute Gasteiger partial charge is 0.363 e. The number of hydroxylamine groups is 1. The molecule has 0 aliphatic rings. The Bertz CT molecular complexity index is 884. The van der Waals surface area contributed by atoms with E-state index in [1.54, 1.807) is 12.3 Å². The monoisotopic (exact) mass is 378 g/mol. The topological polar surface area (TPSA) is 91.8 Å². The van der Waals surface area contributed by atoms with Gasteiger partial charge in [0.2, 0.25) is 0 Å². The Labute approximate surface area is 153 Å². The van der Waals surface area contributed by atoms with Crippen molar-refractivity contribution in [1.82, 2.24) is 14.8 Å². The van der Waals surface area contributed by atoms with Crippen LogP contribution in [-0.4, -0.2) is 52.0 Å². The number of nitrogens with one attached hydrogen (secondary N) is 1. The number of pyridine rings is 1. The fourth-order valence-electron chi connectivity index (χ4n) is 2.14. The Morgan fingerprint density at radius 3 is 2.58 bits per heavy atom. The van der Waals surface area contributed by atoms with E-state index in [-0.39, 0.29) is 16.4 Å². The third kappa shape index (κ3) is 4.57. The molecular weight excluding hydrogens is 356 g/mol. The molecule has 0 spiro atoms. The van der Waals surface area contributed by atoms with Crippen molar-refractivity contribution in [1.29, 1.82) is 0 Å². The molecule has 0 aliphatic carbocycles. The van der Waals surface area contributed by atoms with Crippen LogP contribution >= 0.6 is 0 Å². The number of amides is 1. The van der Waals surface area contributed by atoms with Crippen LogP contribution in [0.15, 0.2) is 47.5 Å². The van der Waals surface area contributed by atoms with Gasteiger partial charge in [-0.3, -0.25) is 9.63 Å². The average Bonchev–Trinajstić information content (AvgIpc) is 2.65. The summed E-state index contributed by atoms with van der Waals surface area (Å²) in [4.78, 5) is 23.2. The predicted molar refractivity (Wildman–Crippen MR) is 98.1 cm³/mol. The maximum atomic E-state index is 12.4. The molecule has 0 saturated carbocycles. The minimum atomic E-state index is -3.81. The third-order valence-electron chi connectivity index (χ3n) is 3.71. The van der Waals surface area contributed by atoms with Crippen LogP contribution in [0.25, 0.3) is 0 Å². The Balaban J connectivity index is 2.13. The predicted octanol–water partition coefficient (Wildman–Crippen LogP) is 1.26. The second kappa shape index (κ2) is 8.26. The van der Waals surface area contributed by atoms with Crippen molar-refractivity contribution >= 4 is 21.7 Å². The first-order valence-electron chi connectivity index (χ1n) is 7.79.